The van der Waals surface area contributed by atoms with E-state index in [0.29, 0.717) is 22.5 Å². The highest BCUT2D eigenvalue weighted by Crippen LogP contribution is 2.23. The molecule has 2 aromatic rings. The van der Waals surface area contributed by atoms with Crippen LogP contribution in [0.1, 0.15) is 37.7 Å². The van der Waals surface area contributed by atoms with Crippen molar-refractivity contribution in [3.8, 4) is 0 Å². The van der Waals surface area contributed by atoms with Crippen molar-refractivity contribution in [2.75, 3.05) is 27.4 Å². The molecule has 150 valence electrons. The molecule has 0 bridgehead atoms. The van der Waals surface area contributed by atoms with Crippen LogP contribution < -0.4 is 0 Å². The predicted octanol–water partition coefficient (Wildman–Crippen LogP) is 1.68. The van der Waals surface area contributed by atoms with Crippen molar-refractivity contribution in [2.24, 2.45) is 7.05 Å². The summed E-state index contributed by atoms with van der Waals surface area (Å²) in [5.41, 5.74) is 2.79. The summed E-state index contributed by atoms with van der Waals surface area (Å²) in [7, 11) is 4.43. The number of pyridine rings is 1. The molecule has 0 aliphatic heterocycles. The van der Waals surface area contributed by atoms with Gasteiger partial charge in [0, 0.05) is 44.4 Å². The normalized spacial score (nSPS) is 10.6. The summed E-state index contributed by atoms with van der Waals surface area (Å²) in [6.07, 6.45) is 3.26. The first-order chi connectivity index (χ1) is 13.3. The molecule has 0 spiro atoms. The Morgan fingerprint density at radius 1 is 1.14 bits per heavy atom. The molecule has 0 aliphatic rings. The second kappa shape index (κ2) is 9.27. The molecule has 0 radical (unpaired) electrons. The highest BCUT2D eigenvalue weighted by atomic mass is 16.5. The molecule has 8 nitrogen and oxygen atoms in total. The number of nitrogens with zero attached hydrogens (tertiary/aromatic N) is 3. The number of Topliss-reactive ketones (excluding diaryl/α,β-unsaturated/α-hetero) is 1. The third kappa shape index (κ3) is 4.45. The Hall–Kier alpha value is -3.00. The molecule has 2 heterocycles. The van der Waals surface area contributed by atoms with Crippen LogP contribution in [-0.2, 0) is 27.9 Å². The molecule has 0 N–H and O–H groups in total. The molecule has 2 aromatic heterocycles. The second-order valence-electron chi connectivity index (χ2n) is 6.45. The SMILES string of the molecule is COCC(=O)N(CC(=O)c1c(C)c(C(=O)OC)n(C)c1C)Cc1ccncc1. The van der Waals surface area contributed by atoms with E-state index in [1.807, 2.05) is 0 Å². The molecule has 0 atom stereocenters. The molecule has 0 saturated carbocycles. The largest absolute Gasteiger partial charge is 0.464 e. The number of carbonyl (C=O) groups is 3. The van der Waals surface area contributed by atoms with E-state index in [9.17, 15) is 14.4 Å². The lowest BCUT2D eigenvalue weighted by Gasteiger charge is -2.22. The van der Waals surface area contributed by atoms with Gasteiger partial charge >= 0.3 is 5.97 Å². The minimum Gasteiger partial charge on any atom is -0.464 e. The van der Waals surface area contributed by atoms with E-state index >= 15 is 0 Å². The molecular weight excluding hydrogens is 362 g/mol. The van der Waals surface area contributed by atoms with Crippen LogP contribution in [0, 0.1) is 13.8 Å². The average Bonchev–Trinajstić information content (AvgIpc) is 2.90. The fourth-order valence-corrected chi connectivity index (χ4v) is 3.18. The third-order valence-corrected chi connectivity index (χ3v) is 4.67. The Bertz CT molecular complexity index is 874. The Labute approximate surface area is 164 Å². The molecule has 0 saturated heterocycles. The van der Waals surface area contributed by atoms with Gasteiger partial charge in [0.05, 0.1) is 13.7 Å². The molecule has 0 unspecified atom stereocenters. The lowest BCUT2D eigenvalue weighted by Crippen LogP contribution is -2.37. The topological polar surface area (TPSA) is 90.7 Å². The van der Waals surface area contributed by atoms with E-state index in [2.05, 4.69) is 4.98 Å². The minimum atomic E-state index is -0.508. The molecule has 8 heteroatoms. The monoisotopic (exact) mass is 387 g/mol. The van der Waals surface area contributed by atoms with Gasteiger partial charge in [0.2, 0.25) is 5.91 Å². The molecule has 2 rings (SSSR count). The van der Waals surface area contributed by atoms with Crippen LogP contribution in [0.4, 0.5) is 0 Å². The molecule has 28 heavy (non-hydrogen) atoms. The van der Waals surface area contributed by atoms with Crippen LogP contribution >= 0.6 is 0 Å². The maximum atomic E-state index is 13.1. The smallest absolute Gasteiger partial charge is 0.354 e. The number of hydrogen-bond acceptors (Lipinski definition) is 6. The molecule has 0 fully saturated rings. The summed E-state index contributed by atoms with van der Waals surface area (Å²) in [5, 5.41) is 0. The highest BCUT2D eigenvalue weighted by molar-refractivity contribution is 6.04. The fourth-order valence-electron chi connectivity index (χ4n) is 3.18. The van der Waals surface area contributed by atoms with Gasteiger partial charge in [0.15, 0.2) is 5.78 Å². The van der Waals surface area contributed by atoms with E-state index < -0.39 is 5.97 Å². The van der Waals surface area contributed by atoms with Crippen molar-refractivity contribution in [3.05, 3.63) is 52.6 Å². The number of rotatable bonds is 8. The number of methoxy groups -OCH3 is 2. The van der Waals surface area contributed by atoms with E-state index in [1.165, 1.54) is 19.1 Å². The summed E-state index contributed by atoms with van der Waals surface area (Å²) in [4.78, 5) is 43.0. The average molecular weight is 387 g/mol. The van der Waals surface area contributed by atoms with Gasteiger partial charge in [-0.2, -0.15) is 0 Å². The number of amides is 1. The Balaban J connectivity index is 2.33. The maximum absolute atomic E-state index is 13.1. The van der Waals surface area contributed by atoms with Crippen molar-refractivity contribution < 1.29 is 23.9 Å². The molecule has 0 aromatic carbocycles. The molecule has 0 aliphatic carbocycles. The molecular formula is C20H25N3O5. The summed E-state index contributed by atoms with van der Waals surface area (Å²) < 4.78 is 11.4. The van der Waals surface area contributed by atoms with Crippen LogP contribution in [0.15, 0.2) is 24.5 Å². The summed E-state index contributed by atoms with van der Waals surface area (Å²) >= 11 is 0. The zero-order valence-electron chi connectivity index (χ0n) is 16.8. The van der Waals surface area contributed by atoms with Crippen molar-refractivity contribution >= 4 is 17.7 Å². The van der Waals surface area contributed by atoms with Crippen LogP contribution in [0.3, 0.4) is 0 Å². The van der Waals surface area contributed by atoms with Crippen LogP contribution in [0.25, 0.3) is 0 Å². The Morgan fingerprint density at radius 2 is 1.79 bits per heavy atom. The highest BCUT2D eigenvalue weighted by Gasteiger charge is 2.27. The van der Waals surface area contributed by atoms with Gasteiger partial charge in [-0.25, -0.2) is 4.79 Å². The summed E-state index contributed by atoms with van der Waals surface area (Å²) in [6.45, 7) is 3.47. The zero-order chi connectivity index (χ0) is 20.8. The van der Waals surface area contributed by atoms with E-state index in [0.717, 1.165) is 5.56 Å². The number of hydrogen-bond donors (Lipinski definition) is 0. The standard InChI is InChI=1S/C20H25N3O5/c1-13-18(14(2)22(3)19(13)20(26)28-5)16(24)11-23(17(25)12-27-4)10-15-6-8-21-9-7-15/h6-9H,10-12H2,1-5H3. The molecule has 1 amide bonds. The van der Waals surface area contributed by atoms with Crippen molar-refractivity contribution in [3.63, 3.8) is 0 Å². The van der Waals surface area contributed by atoms with Gasteiger partial charge in [0.25, 0.3) is 0 Å². The third-order valence-electron chi connectivity index (χ3n) is 4.67. The number of carbonyl (C=O) groups excluding carboxylic acids is 3. The quantitative estimate of drug-likeness (QED) is 0.506. The van der Waals surface area contributed by atoms with Crippen molar-refractivity contribution in [1.82, 2.24) is 14.5 Å². The van der Waals surface area contributed by atoms with Gasteiger partial charge in [-0.15, -0.1) is 0 Å². The van der Waals surface area contributed by atoms with Gasteiger partial charge < -0.3 is 18.9 Å². The Morgan fingerprint density at radius 3 is 2.36 bits per heavy atom. The first kappa shape index (κ1) is 21.3. The second-order valence-corrected chi connectivity index (χ2v) is 6.45. The number of ether oxygens (including phenoxy) is 2. The lowest BCUT2D eigenvalue weighted by molar-refractivity contribution is -0.135. The maximum Gasteiger partial charge on any atom is 0.354 e. The van der Waals surface area contributed by atoms with Gasteiger partial charge in [0.1, 0.15) is 12.3 Å². The first-order valence-electron chi connectivity index (χ1n) is 8.74. The minimum absolute atomic E-state index is 0.126. The number of aromatic nitrogens is 2. The van der Waals surface area contributed by atoms with Crippen molar-refractivity contribution in [2.45, 2.75) is 20.4 Å². The van der Waals surface area contributed by atoms with E-state index in [-0.39, 0.29) is 31.4 Å². The van der Waals surface area contributed by atoms with Crippen LogP contribution in [0.5, 0.6) is 0 Å². The van der Waals surface area contributed by atoms with Crippen LogP contribution in [0.2, 0.25) is 0 Å². The van der Waals surface area contributed by atoms with Crippen molar-refractivity contribution in [1.29, 1.82) is 0 Å². The number of ketones is 1. The van der Waals surface area contributed by atoms with E-state index in [1.54, 1.807) is 50.0 Å². The fraction of sp³-hybridized carbons (Fsp3) is 0.400. The summed E-state index contributed by atoms with van der Waals surface area (Å²) in [6, 6.07) is 3.57. The van der Waals surface area contributed by atoms with Crippen LogP contribution in [-0.4, -0.2) is 59.5 Å². The van der Waals surface area contributed by atoms with Gasteiger partial charge in [-0.05, 0) is 37.1 Å². The zero-order valence-corrected chi connectivity index (χ0v) is 16.8. The summed E-state index contributed by atoms with van der Waals surface area (Å²) in [5.74, 6) is -1.06. The van der Waals surface area contributed by atoms with E-state index in [4.69, 9.17) is 9.47 Å². The van der Waals surface area contributed by atoms with Gasteiger partial charge in [-0.3, -0.25) is 14.6 Å². The predicted molar refractivity (Wildman–Crippen MR) is 102 cm³/mol. The van der Waals surface area contributed by atoms with Gasteiger partial charge in [-0.1, -0.05) is 0 Å². The number of esters is 1. The Kier molecular flexibility index (Phi) is 7.06. The lowest BCUT2D eigenvalue weighted by atomic mass is 10.0. The first-order valence-corrected chi connectivity index (χ1v) is 8.74.